The van der Waals surface area contributed by atoms with Gasteiger partial charge in [0.2, 0.25) is 15.9 Å². The minimum Gasteiger partial charge on any atom is -0.332 e. The number of carbonyl (C=O) groups is 1. The maximum Gasteiger partial charge on any atom is 0.237 e. The van der Waals surface area contributed by atoms with E-state index >= 15 is 0 Å². The molecule has 1 atom stereocenters. The zero-order valence-electron chi connectivity index (χ0n) is 16.5. The molecular weight excluding hydrogens is 421 g/mol. The molecule has 0 bridgehead atoms. The van der Waals surface area contributed by atoms with Gasteiger partial charge in [-0.1, -0.05) is 0 Å². The third-order valence-corrected chi connectivity index (χ3v) is 7.88. The van der Waals surface area contributed by atoms with Crippen LogP contribution >= 0.6 is 0 Å². The molecule has 1 aromatic carbocycles. The molecule has 0 radical (unpaired) electrons. The largest absolute Gasteiger partial charge is 0.332 e. The van der Waals surface area contributed by atoms with Crippen molar-refractivity contribution in [2.45, 2.75) is 50.6 Å². The molecule has 1 saturated carbocycles. The van der Waals surface area contributed by atoms with E-state index in [2.05, 4.69) is 5.10 Å². The third-order valence-electron chi connectivity index (χ3n) is 5.60. The normalized spacial score (nSPS) is 19.0. The van der Waals surface area contributed by atoms with Crippen LogP contribution in [-0.2, 0) is 34.3 Å². The van der Waals surface area contributed by atoms with Crippen molar-refractivity contribution < 1.29 is 26.4 Å². The van der Waals surface area contributed by atoms with Crippen molar-refractivity contribution >= 4 is 21.6 Å². The van der Waals surface area contributed by atoms with Crippen LogP contribution in [0.15, 0.2) is 18.3 Å². The molecule has 4 rings (SSSR count). The summed E-state index contributed by atoms with van der Waals surface area (Å²) in [6.07, 6.45) is 2.42. The van der Waals surface area contributed by atoms with Crippen molar-refractivity contribution in [2.75, 3.05) is 11.4 Å². The van der Waals surface area contributed by atoms with Crippen LogP contribution in [0.25, 0.3) is 0 Å². The molecule has 1 fully saturated rings. The predicted octanol–water partition coefficient (Wildman–Crippen LogP) is 2.20. The van der Waals surface area contributed by atoms with E-state index in [9.17, 15) is 26.4 Å². The molecule has 0 saturated heterocycles. The standard InChI is InChI=1S/C19H21F3N4O3S/c1-11-9-26-17(16(8-23-26)24(2)30(28,29)13-3-4-13)10-25(11)18(27)7-12-5-14(20)19(22)15(21)6-12/h5-6,8,11,13H,3-4,7,9-10H2,1-2H3/t11-/m0/s1. The number of hydrogen-bond acceptors (Lipinski definition) is 4. The van der Waals surface area contributed by atoms with Crippen LogP contribution < -0.4 is 4.31 Å². The number of rotatable bonds is 5. The van der Waals surface area contributed by atoms with Crippen LogP contribution in [0, 0.1) is 17.5 Å². The number of hydrogen-bond donors (Lipinski definition) is 0. The second-order valence-electron chi connectivity index (χ2n) is 7.79. The fraction of sp³-hybridized carbons (Fsp3) is 0.474. The number of fused-ring (bicyclic) bond motifs is 1. The van der Waals surface area contributed by atoms with Gasteiger partial charge in [0.25, 0.3) is 0 Å². The highest BCUT2D eigenvalue weighted by Gasteiger charge is 2.41. The van der Waals surface area contributed by atoms with Gasteiger partial charge in [-0.3, -0.25) is 13.8 Å². The molecule has 30 heavy (non-hydrogen) atoms. The molecule has 1 amide bonds. The van der Waals surface area contributed by atoms with E-state index in [1.807, 2.05) is 0 Å². The SMILES string of the molecule is C[C@H]1Cn2ncc(N(C)S(=O)(=O)C3CC3)c2CN1C(=O)Cc1cc(F)c(F)c(F)c1. The minimum absolute atomic E-state index is 0.0244. The highest BCUT2D eigenvalue weighted by Crippen LogP contribution is 2.35. The smallest absolute Gasteiger partial charge is 0.237 e. The molecule has 0 spiro atoms. The maximum absolute atomic E-state index is 13.5. The number of halogens is 3. The molecule has 0 N–H and O–H groups in total. The number of sulfonamides is 1. The van der Waals surface area contributed by atoms with Crippen molar-refractivity contribution in [3.63, 3.8) is 0 Å². The fourth-order valence-corrected chi connectivity index (χ4v) is 5.30. The summed E-state index contributed by atoms with van der Waals surface area (Å²) >= 11 is 0. The second kappa shape index (κ2) is 7.29. The van der Waals surface area contributed by atoms with Crippen molar-refractivity contribution in [1.29, 1.82) is 0 Å². The zero-order chi connectivity index (χ0) is 21.8. The lowest BCUT2D eigenvalue weighted by atomic mass is 10.1. The molecule has 7 nitrogen and oxygen atoms in total. The molecule has 162 valence electrons. The Morgan fingerprint density at radius 3 is 2.47 bits per heavy atom. The summed E-state index contributed by atoms with van der Waals surface area (Å²) in [7, 11) is -2.01. The summed E-state index contributed by atoms with van der Waals surface area (Å²) in [6, 6.07) is 1.34. The first-order chi connectivity index (χ1) is 14.1. The average molecular weight is 442 g/mol. The van der Waals surface area contributed by atoms with Crippen LogP contribution in [0.2, 0.25) is 0 Å². The Labute approximate surface area is 172 Å². The molecule has 2 heterocycles. The highest BCUT2D eigenvalue weighted by molar-refractivity contribution is 7.93. The van der Waals surface area contributed by atoms with E-state index < -0.39 is 33.4 Å². The summed E-state index contributed by atoms with van der Waals surface area (Å²) in [6.45, 7) is 2.26. The molecule has 0 unspecified atom stereocenters. The van der Waals surface area contributed by atoms with E-state index in [1.165, 1.54) is 22.4 Å². The van der Waals surface area contributed by atoms with Crippen molar-refractivity contribution in [2.24, 2.45) is 0 Å². The van der Waals surface area contributed by atoms with Crippen LogP contribution in [-0.4, -0.2) is 47.3 Å². The monoisotopic (exact) mass is 442 g/mol. The summed E-state index contributed by atoms with van der Waals surface area (Å²) in [5.41, 5.74) is 1.01. The lowest BCUT2D eigenvalue weighted by Gasteiger charge is -2.35. The van der Waals surface area contributed by atoms with Gasteiger partial charge >= 0.3 is 0 Å². The first-order valence-electron chi connectivity index (χ1n) is 9.55. The summed E-state index contributed by atoms with van der Waals surface area (Å²) in [4.78, 5) is 14.4. The molecule has 2 aliphatic rings. The van der Waals surface area contributed by atoms with Crippen LogP contribution in [0.4, 0.5) is 18.9 Å². The molecule has 1 aliphatic heterocycles. The number of aromatic nitrogens is 2. The number of benzene rings is 1. The summed E-state index contributed by atoms with van der Waals surface area (Å²) in [5, 5.41) is 3.88. The molecule has 11 heteroatoms. The van der Waals surface area contributed by atoms with Gasteiger partial charge < -0.3 is 4.90 Å². The van der Waals surface area contributed by atoms with E-state index in [1.54, 1.807) is 11.6 Å². The Balaban J connectivity index is 1.57. The lowest BCUT2D eigenvalue weighted by Crippen LogP contribution is -2.46. The van der Waals surface area contributed by atoms with Gasteiger partial charge in [0.1, 0.15) is 0 Å². The highest BCUT2D eigenvalue weighted by atomic mass is 32.2. The van der Waals surface area contributed by atoms with Crippen LogP contribution in [0.1, 0.15) is 31.0 Å². The van der Waals surface area contributed by atoms with E-state index in [0.717, 1.165) is 12.1 Å². The van der Waals surface area contributed by atoms with Crippen LogP contribution in [0.5, 0.6) is 0 Å². The molecule has 2 aromatic rings. The third kappa shape index (κ3) is 3.55. The molecule has 1 aromatic heterocycles. The number of amides is 1. The Kier molecular flexibility index (Phi) is 5.03. The van der Waals surface area contributed by atoms with Gasteiger partial charge in [-0.05, 0) is 37.5 Å². The van der Waals surface area contributed by atoms with E-state index in [0.29, 0.717) is 30.8 Å². The molecular formula is C19H21F3N4O3S. The number of carbonyl (C=O) groups excluding carboxylic acids is 1. The summed E-state index contributed by atoms with van der Waals surface area (Å²) < 4.78 is 68.2. The average Bonchev–Trinajstić information content (AvgIpc) is 3.46. The van der Waals surface area contributed by atoms with Gasteiger partial charge in [0.05, 0.1) is 42.3 Å². The Bertz CT molecular complexity index is 1090. The van der Waals surface area contributed by atoms with Crippen LogP contribution in [0.3, 0.4) is 0 Å². The topological polar surface area (TPSA) is 75.5 Å². The fourth-order valence-electron chi connectivity index (χ4n) is 3.70. The maximum atomic E-state index is 13.5. The quantitative estimate of drug-likeness (QED) is 0.666. The van der Waals surface area contributed by atoms with Gasteiger partial charge in [-0.25, -0.2) is 21.6 Å². The minimum atomic E-state index is -3.48. The number of nitrogens with zero attached hydrogens (tertiary/aromatic N) is 4. The zero-order valence-corrected chi connectivity index (χ0v) is 17.3. The van der Waals surface area contributed by atoms with Crippen molar-refractivity contribution in [3.05, 3.63) is 47.0 Å². The molecule has 1 aliphatic carbocycles. The van der Waals surface area contributed by atoms with Gasteiger partial charge in [-0.2, -0.15) is 5.10 Å². The first kappa shape index (κ1) is 20.7. The van der Waals surface area contributed by atoms with E-state index in [4.69, 9.17) is 0 Å². The number of anilines is 1. The van der Waals surface area contributed by atoms with Crippen molar-refractivity contribution in [3.8, 4) is 0 Å². The van der Waals surface area contributed by atoms with Gasteiger partial charge in [0.15, 0.2) is 17.5 Å². The summed E-state index contributed by atoms with van der Waals surface area (Å²) in [5.74, 6) is -4.68. The Morgan fingerprint density at radius 1 is 1.23 bits per heavy atom. The van der Waals surface area contributed by atoms with E-state index in [-0.39, 0.29) is 29.8 Å². The Hall–Kier alpha value is -2.56. The first-order valence-corrected chi connectivity index (χ1v) is 11.0. The predicted molar refractivity (Wildman–Crippen MR) is 103 cm³/mol. The van der Waals surface area contributed by atoms with Gasteiger partial charge in [-0.15, -0.1) is 0 Å². The van der Waals surface area contributed by atoms with Gasteiger partial charge in [0, 0.05) is 13.1 Å². The second-order valence-corrected chi connectivity index (χ2v) is 10.0. The lowest BCUT2D eigenvalue weighted by molar-refractivity contribution is -0.134. The Morgan fingerprint density at radius 2 is 1.87 bits per heavy atom. The van der Waals surface area contributed by atoms with Crippen molar-refractivity contribution in [1.82, 2.24) is 14.7 Å².